The maximum absolute atomic E-state index is 11.7. The third-order valence-corrected chi connectivity index (χ3v) is 2.82. The first-order valence-electron chi connectivity index (χ1n) is 7.39. The molecule has 0 radical (unpaired) electrons. The average Bonchev–Trinajstić information content (AvgIpc) is 2.34. The summed E-state index contributed by atoms with van der Waals surface area (Å²) in [4.78, 5) is 11.7. The molecule has 1 amide bonds. The molecule has 0 saturated heterocycles. The fourth-order valence-corrected chi connectivity index (χ4v) is 1.91. The molecule has 4 heteroatoms. The molecule has 0 fully saturated rings. The number of benzene rings is 1. The van der Waals surface area contributed by atoms with Crippen molar-refractivity contribution in [2.75, 3.05) is 6.54 Å². The minimum absolute atomic E-state index is 0.0405. The van der Waals surface area contributed by atoms with Crippen LogP contribution in [0, 0.1) is 5.41 Å². The molecule has 0 saturated carbocycles. The van der Waals surface area contributed by atoms with Crippen molar-refractivity contribution in [3.63, 3.8) is 0 Å². The summed E-state index contributed by atoms with van der Waals surface area (Å²) >= 11 is 0. The quantitative estimate of drug-likeness (QED) is 0.847. The highest BCUT2D eigenvalue weighted by atomic mass is 16.5. The van der Waals surface area contributed by atoms with Gasteiger partial charge >= 0.3 is 0 Å². The Morgan fingerprint density at radius 2 is 1.81 bits per heavy atom. The minimum Gasteiger partial charge on any atom is -0.491 e. The monoisotopic (exact) mass is 293 g/mol. The third kappa shape index (κ3) is 7.14. The standard InChI is InChI=1S/C17H27NO3/c1-12(2)21-14-8-6-13(7-9-14)15(19)11-18-16(20)10-17(3,4)5/h6-9,12,15,19H,10-11H2,1-5H3,(H,18,20). The van der Waals surface area contributed by atoms with Crippen LogP contribution in [0.3, 0.4) is 0 Å². The van der Waals surface area contributed by atoms with Crippen LogP contribution >= 0.6 is 0 Å². The van der Waals surface area contributed by atoms with Crippen molar-refractivity contribution in [2.24, 2.45) is 5.41 Å². The number of aliphatic hydroxyl groups is 1. The second-order valence-electron chi connectivity index (χ2n) is 6.79. The SMILES string of the molecule is CC(C)Oc1ccc(C(O)CNC(=O)CC(C)(C)C)cc1. The number of carbonyl (C=O) groups excluding carboxylic acids is 1. The van der Waals surface area contributed by atoms with Gasteiger partial charge < -0.3 is 15.2 Å². The van der Waals surface area contributed by atoms with Crippen molar-refractivity contribution < 1.29 is 14.6 Å². The van der Waals surface area contributed by atoms with Gasteiger partial charge in [-0.1, -0.05) is 32.9 Å². The number of amides is 1. The molecule has 2 N–H and O–H groups in total. The van der Waals surface area contributed by atoms with Gasteiger partial charge in [0.25, 0.3) is 0 Å². The van der Waals surface area contributed by atoms with E-state index < -0.39 is 6.10 Å². The van der Waals surface area contributed by atoms with Gasteiger partial charge in [0.15, 0.2) is 0 Å². The maximum atomic E-state index is 11.7. The molecule has 1 aromatic carbocycles. The van der Waals surface area contributed by atoms with Crippen LogP contribution in [0.15, 0.2) is 24.3 Å². The second-order valence-corrected chi connectivity index (χ2v) is 6.79. The Morgan fingerprint density at radius 3 is 2.29 bits per heavy atom. The molecular formula is C17H27NO3. The summed E-state index contributed by atoms with van der Waals surface area (Å²) in [5.74, 6) is 0.735. The summed E-state index contributed by atoms with van der Waals surface area (Å²) in [6.45, 7) is 10.2. The van der Waals surface area contributed by atoms with Gasteiger partial charge in [0, 0.05) is 13.0 Å². The summed E-state index contributed by atoms with van der Waals surface area (Å²) in [6.07, 6.45) is -0.138. The number of ether oxygens (including phenoxy) is 1. The van der Waals surface area contributed by atoms with Gasteiger partial charge in [-0.25, -0.2) is 0 Å². The summed E-state index contributed by atoms with van der Waals surface area (Å²) < 4.78 is 5.55. The molecule has 21 heavy (non-hydrogen) atoms. The summed E-state index contributed by atoms with van der Waals surface area (Å²) in [7, 11) is 0. The summed E-state index contributed by atoms with van der Waals surface area (Å²) in [6, 6.07) is 7.29. The van der Waals surface area contributed by atoms with Crippen molar-refractivity contribution in [1.29, 1.82) is 0 Å². The van der Waals surface area contributed by atoms with Crippen molar-refractivity contribution in [2.45, 2.75) is 53.2 Å². The Kier molecular flexibility index (Phi) is 6.21. The third-order valence-electron chi connectivity index (χ3n) is 2.82. The molecule has 0 bridgehead atoms. The first-order chi connectivity index (χ1) is 9.67. The molecule has 0 aliphatic heterocycles. The highest BCUT2D eigenvalue weighted by Gasteiger charge is 2.17. The zero-order valence-corrected chi connectivity index (χ0v) is 13.6. The molecule has 0 aromatic heterocycles. The Balaban J connectivity index is 2.48. The van der Waals surface area contributed by atoms with Crippen LogP contribution in [0.2, 0.25) is 0 Å². The molecule has 0 heterocycles. The molecule has 1 atom stereocenters. The van der Waals surface area contributed by atoms with E-state index in [1.165, 1.54) is 0 Å². The number of carbonyl (C=O) groups is 1. The minimum atomic E-state index is -0.706. The van der Waals surface area contributed by atoms with Crippen LogP contribution < -0.4 is 10.1 Å². The lowest BCUT2D eigenvalue weighted by atomic mass is 9.92. The number of nitrogens with one attached hydrogen (secondary N) is 1. The van der Waals surface area contributed by atoms with Crippen molar-refractivity contribution in [3.8, 4) is 5.75 Å². The normalized spacial score (nSPS) is 13.1. The first kappa shape index (κ1) is 17.5. The smallest absolute Gasteiger partial charge is 0.220 e. The molecule has 0 aliphatic carbocycles. The topological polar surface area (TPSA) is 58.6 Å². The van der Waals surface area contributed by atoms with Crippen molar-refractivity contribution in [3.05, 3.63) is 29.8 Å². The van der Waals surface area contributed by atoms with Crippen LogP contribution in [-0.2, 0) is 4.79 Å². The molecule has 1 rings (SSSR count). The lowest BCUT2D eigenvalue weighted by Crippen LogP contribution is -2.31. The van der Waals surface area contributed by atoms with E-state index in [0.717, 1.165) is 11.3 Å². The van der Waals surface area contributed by atoms with E-state index in [-0.39, 0.29) is 24.0 Å². The first-order valence-corrected chi connectivity index (χ1v) is 7.39. The zero-order valence-electron chi connectivity index (χ0n) is 13.6. The van der Waals surface area contributed by atoms with Crippen molar-refractivity contribution in [1.82, 2.24) is 5.32 Å². The highest BCUT2D eigenvalue weighted by molar-refractivity contribution is 5.76. The largest absolute Gasteiger partial charge is 0.491 e. The molecule has 4 nitrogen and oxygen atoms in total. The van der Waals surface area contributed by atoms with E-state index in [1.54, 1.807) is 0 Å². The van der Waals surface area contributed by atoms with E-state index in [2.05, 4.69) is 5.32 Å². The Hall–Kier alpha value is -1.55. The van der Waals surface area contributed by atoms with Crippen LogP contribution in [0.4, 0.5) is 0 Å². The lowest BCUT2D eigenvalue weighted by Gasteiger charge is -2.19. The average molecular weight is 293 g/mol. The molecule has 0 aliphatic rings. The van der Waals surface area contributed by atoms with Crippen LogP contribution in [-0.4, -0.2) is 23.7 Å². The fraction of sp³-hybridized carbons (Fsp3) is 0.588. The maximum Gasteiger partial charge on any atom is 0.220 e. The lowest BCUT2D eigenvalue weighted by molar-refractivity contribution is -0.123. The fourth-order valence-electron chi connectivity index (χ4n) is 1.91. The molecule has 1 unspecified atom stereocenters. The number of aliphatic hydroxyl groups excluding tert-OH is 1. The number of hydrogen-bond donors (Lipinski definition) is 2. The highest BCUT2D eigenvalue weighted by Crippen LogP contribution is 2.20. The van der Waals surface area contributed by atoms with Gasteiger partial charge in [0.2, 0.25) is 5.91 Å². The van der Waals surface area contributed by atoms with E-state index in [9.17, 15) is 9.90 Å². The van der Waals surface area contributed by atoms with Gasteiger partial charge in [-0.05, 0) is 37.0 Å². The Bertz CT molecular complexity index is 446. The van der Waals surface area contributed by atoms with E-state index in [1.807, 2.05) is 58.9 Å². The van der Waals surface area contributed by atoms with E-state index >= 15 is 0 Å². The number of hydrogen-bond acceptors (Lipinski definition) is 3. The summed E-state index contributed by atoms with van der Waals surface area (Å²) in [5.41, 5.74) is 0.715. The van der Waals surface area contributed by atoms with Crippen molar-refractivity contribution >= 4 is 5.91 Å². The molecule has 118 valence electrons. The molecule has 1 aromatic rings. The van der Waals surface area contributed by atoms with Gasteiger partial charge in [0.05, 0.1) is 12.2 Å². The predicted molar refractivity (Wildman–Crippen MR) is 84.2 cm³/mol. The second kappa shape index (κ2) is 7.46. The van der Waals surface area contributed by atoms with Crippen LogP contribution in [0.5, 0.6) is 5.75 Å². The summed E-state index contributed by atoms with van der Waals surface area (Å²) in [5, 5.41) is 12.8. The van der Waals surface area contributed by atoms with Gasteiger partial charge in [-0.15, -0.1) is 0 Å². The van der Waals surface area contributed by atoms with E-state index in [4.69, 9.17) is 4.74 Å². The Morgan fingerprint density at radius 1 is 1.24 bits per heavy atom. The van der Waals surface area contributed by atoms with Crippen LogP contribution in [0.25, 0.3) is 0 Å². The zero-order chi connectivity index (χ0) is 16.0. The van der Waals surface area contributed by atoms with E-state index in [0.29, 0.717) is 6.42 Å². The molecular weight excluding hydrogens is 266 g/mol. The van der Waals surface area contributed by atoms with Gasteiger partial charge in [0.1, 0.15) is 5.75 Å². The molecule has 0 spiro atoms. The van der Waals surface area contributed by atoms with Gasteiger partial charge in [-0.3, -0.25) is 4.79 Å². The predicted octanol–water partition coefficient (Wildman–Crippen LogP) is 3.06. The Labute approximate surface area is 127 Å². The van der Waals surface area contributed by atoms with Crippen LogP contribution in [0.1, 0.15) is 52.7 Å². The number of rotatable bonds is 6. The van der Waals surface area contributed by atoms with Gasteiger partial charge in [-0.2, -0.15) is 0 Å².